The minimum absolute atomic E-state index is 0.0831. The summed E-state index contributed by atoms with van der Waals surface area (Å²) in [6.07, 6.45) is 1.70. The highest BCUT2D eigenvalue weighted by Gasteiger charge is 2.28. The molecular formula is C15H13Cl2N3O. The Labute approximate surface area is 133 Å². The van der Waals surface area contributed by atoms with Crippen LogP contribution in [0.4, 0.5) is 0 Å². The molecule has 1 heterocycles. The van der Waals surface area contributed by atoms with Crippen LogP contribution in [0.25, 0.3) is 0 Å². The van der Waals surface area contributed by atoms with Gasteiger partial charge in [0.15, 0.2) is 5.15 Å². The molecule has 108 valence electrons. The minimum atomic E-state index is -0.483. The topological polar surface area (TPSA) is 69.8 Å². The summed E-state index contributed by atoms with van der Waals surface area (Å²) in [5.41, 5.74) is 1.28. The van der Waals surface area contributed by atoms with Gasteiger partial charge in [-0.1, -0.05) is 53.5 Å². The predicted molar refractivity (Wildman–Crippen MR) is 81.3 cm³/mol. The average Bonchev–Trinajstić information content (AvgIpc) is 2.51. The van der Waals surface area contributed by atoms with Crippen molar-refractivity contribution in [2.24, 2.45) is 0 Å². The molecule has 21 heavy (non-hydrogen) atoms. The van der Waals surface area contributed by atoms with Gasteiger partial charge < -0.3 is 5.11 Å². The highest BCUT2D eigenvalue weighted by atomic mass is 35.5. The van der Waals surface area contributed by atoms with Crippen molar-refractivity contribution in [1.82, 2.24) is 9.97 Å². The smallest absolute Gasteiger partial charge is 0.150 e. The van der Waals surface area contributed by atoms with E-state index in [1.165, 1.54) is 6.20 Å². The van der Waals surface area contributed by atoms with Gasteiger partial charge in [0.1, 0.15) is 5.15 Å². The second-order valence-corrected chi connectivity index (χ2v) is 5.25. The van der Waals surface area contributed by atoms with Gasteiger partial charge in [0.2, 0.25) is 0 Å². The molecule has 4 nitrogen and oxygen atoms in total. The van der Waals surface area contributed by atoms with Crippen LogP contribution in [-0.2, 0) is 0 Å². The fourth-order valence-electron chi connectivity index (χ4n) is 2.26. The Morgan fingerprint density at radius 1 is 1.24 bits per heavy atom. The summed E-state index contributed by atoms with van der Waals surface area (Å²) in [6, 6.07) is 11.6. The van der Waals surface area contributed by atoms with Crippen molar-refractivity contribution >= 4 is 23.2 Å². The highest BCUT2D eigenvalue weighted by molar-refractivity contribution is 6.31. The normalized spacial score (nSPS) is 13.4. The number of halogens is 2. The Kier molecular flexibility index (Phi) is 5.51. The molecule has 0 radical (unpaired) electrons. The van der Waals surface area contributed by atoms with E-state index in [1.54, 1.807) is 0 Å². The van der Waals surface area contributed by atoms with Gasteiger partial charge in [-0.05, 0) is 12.0 Å². The lowest BCUT2D eigenvalue weighted by Gasteiger charge is -2.21. The number of aliphatic hydroxyl groups excluding tert-OH is 1. The summed E-state index contributed by atoms with van der Waals surface area (Å²) in [7, 11) is 0. The van der Waals surface area contributed by atoms with E-state index in [9.17, 15) is 10.4 Å². The molecule has 0 saturated carbocycles. The summed E-state index contributed by atoms with van der Waals surface area (Å²) in [5, 5.41) is 19.3. The molecule has 2 rings (SSSR count). The van der Waals surface area contributed by atoms with E-state index in [0.717, 1.165) is 5.56 Å². The summed E-state index contributed by atoms with van der Waals surface area (Å²) in [4.78, 5) is 8.17. The van der Waals surface area contributed by atoms with Gasteiger partial charge in [0.25, 0.3) is 0 Å². The van der Waals surface area contributed by atoms with Crippen LogP contribution < -0.4 is 0 Å². The SMILES string of the molecule is N#C[C@H](c1ccccc1)[C@@H](CCO)c1nc(Cl)cnc1Cl. The van der Waals surface area contributed by atoms with Gasteiger partial charge >= 0.3 is 0 Å². The van der Waals surface area contributed by atoms with Crippen LogP contribution in [0.2, 0.25) is 10.3 Å². The average molecular weight is 322 g/mol. The summed E-state index contributed by atoms with van der Waals surface area (Å²) < 4.78 is 0. The molecule has 2 aromatic rings. The Morgan fingerprint density at radius 2 is 1.95 bits per heavy atom. The zero-order valence-corrected chi connectivity index (χ0v) is 12.6. The maximum Gasteiger partial charge on any atom is 0.150 e. The van der Waals surface area contributed by atoms with Gasteiger partial charge in [-0.25, -0.2) is 9.97 Å². The summed E-state index contributed by atoms with van der Waals surface area (Å²) in [5.74, 6) is -0.857. The van der Waals surface area contributed by atoms with E-state index in [4.69, 9.17) is 23.2 Å². The van der Waals surface area contributed by atoms with Crippen molar-refractivity contribution in [3.63, 3.8) is 0 Å². The van der Waals surface area contributed by atoms with E-state index >= 15 is 0 Å². The van der Waals surface area contributed by atoms with Crippen LogP contribution >= 0.6 is 23.2 Å². The largest absolute Gasteiger partial charge is 0.396 e. The van der Waals surface area contributed by atoms with E-state index in [-0.39, 0.29) is 22.8 Å². The van der Waals surface area contributed by atoms with Crippen molar-refractivity contribution < 1.29 is 5.11 Å². The van der Waals surface area contributed by atoms with Gasteiger partial charge in [-0.15, -0.1) is 0 Å². The molecule has 0 aliphatic carbocycles. The number of hydrogen-bond acceptors (Lipinski definition) is 4. The van der Waals surface area contributed by atoms with E-state index < -0.39 is 5.92 Å². The fraction of sp³-hybridized carbons (Fsp3) is 0.267. The third-order valence-electron chi connectivity index (χ3n) is 3.21. The summed E-state index contributed by atoms with van der Waals surface area (Å²) >= 11 is 12.0. The molecule has 0 saturated heterocycles. The lowest BCUT2D eigenvalue weighted by molar-refractivity contribution is 0.271. The van der Waals surface area contributed by atoms with Crippen LogP contribution in [0.3, 0.4) is 0 Å². The van der Waals surface area contributed by atoms with Gasteiger partial charge in [0, 0.05) is 12.5 Å². The van der Waals surface area contributed by atoms with Crippen LogP contribution in [-0.4, -0.2) is 21.7 Å². The lowest BCUT2D eigenvalue weighted by atomic mass is 9.83. The Bertz CT molecular complexity index is 643. The number of nitrogens with zero attached hydrogens (tertiary/aromatic N) is 3. The second-order valence-electron chi connectivity index (χ2n) is 4.51. The molecule has 0 amide bonds. The zero-order valence-electron chi connectivity index (χ0n) is 11.1. The number of rotatable bonds is 5. The first-order valence-electron chi connectivity index (χ1n) is 6.40. The fourth-order valence-corrected chi connectivity index (χ4v) is 2.63. The van der Waals surface area contributed by atoms with E-state index in [1.807, 2.05) is 30.3 Å². The molecule has 0 fully saturated rings. The molecule has 0 bridgehead atoms. The molecule has 0 aliphatic rings. The minimum Gasteiger partial charge on any atom is -0.396 e. The van der Waals surface area contributed by atoms with Crippen molar-refractivity contribution in [3.05, 3.63) is 58.1 Å². The van der Waals surface area contributed by atoms with E-state index in [2.05, 4.69) is 16.0 Å². The van der Waals surface area contributed by atoms with Crippen molar-refractivity contribution in [3.8, 4) is 6.07 Å². The monoisotopic (exact) mass is 321 g/mol. The van der Waals surface area contributed by atoms with Crippen molar-refractivity contribution in [2.75, 3.05) is 6.61 Å². The third-order valence-corrected chi connectivity index (χ3v) is 3.69. The molecule has 6 heteroatoms. The van der Waals surface area contributed by atoms with Crippen LogP contribution in [0, 0.1) is 11.3 Å². The number of nitriles is 1. The van der Waals surface area contributed by atoms with Crippen molar-refractivity contribution in [1.29, 1.82) is 5.26 Å². The maximum atomic E-state index is 9.54. The predicted octanol–water partition coefficient (Wildman–Crippen LogP) is 3.56. The first-order valence-corrected chi connectivity index (χ1v) is 7.16. The number of benzene rings is 1. The zero-order chi connectivity index (χ0) is 15.2. The van der Waals surface area contributed by atoms with Crippen molar-refractivity contribution in [2.45, 2.75) is 18.3 Å². The molecule has 0 spiro atoms. The molecule has 0 unspecified atom stereocenters. The first kappa shape index (κ1) is 15.7. The molecule has 1 aromatic carbocycles. The molecule has 2 atom stereocenters. The summed E-state index contributed by atoms with van der Waals surface area (Å²) in [6.45, 7) is -0.0831. The molecule has 1 N–H and O–H groups in total. The van der Waals surface area contributed by atoms with Gasteiger partial charge in [-0.2, -0.15) is 5.26 Å². The molecule has 0 aliphatic heterocycles. The van der Waals surface area contributed by atoms with E-state index in [0.29, 0.717) is 12.1 Å². The van der Waals surface area contributed by atoms with Gasteiger partial charge in [-0.3, -0.25) is 0 Å². The Balaban J connectivity index is 2.47. The number of aromatic nitrogens is 2. The van der Waals surface area contributed by atoms with Crippen LogP contribution in [0.5, 0.6) is 0 Å². The lowest BCUT2D eigenvalue weighted by Crippen LogP contribution is -2.14. The molecular weight excluding hydrogens is 309 g/mol. The number of aliphatic hydroxyl groups is 1. The van der Waals surface area contributed by atoms with Gasteiger partial charge in [0.05, 0.1) is 23.9 Å². The Hall–Kier alpha value is -1.67. The first-order chi connectivity index (χ1) is 10.2. The third kappa shape index (κ3) is 3.70. The second kappa shape index (κ2) is 7.37. The standard InChI is InChI=1S/C15H13Cl2N3O/c16-13-9-19-15(17)14(20-13)11(6-7-21)12(8-18)10-4-2-1-3-5-10/h1-5,9,11-12,21H,6-7H2/t11-,12-/m1/s1. The maximum absolute atomic E-state index is 9.54. The number of hydrogen-bond donors (Lipinski definition) is 1. The Morgan fingerprint density at radius 3 is 2.57 bits per heavy atom. The quantitative estimate of drug-likeness (QED) is 0.914. The highest BCUT2D eigenvalue weighted by Crippen LogP contribution is 2.37. The van der Waals surface area contributed by atoms with Crippen LogP contribution in [0.15, 0.2) is 36.5 Å². The van der Waals surface area contributed by atoms with Crippen LogP contribution in [0.1, 0.15) is 29.5 Å². The molecule has 1 aromatic heterocycles.